The number of aromatic hydroxyl groups is 1. The Morgan fingerprint density at radius 2 is 2.04 bits per heavy atom. The largest absolute Gasteiger partial charge is 0.506 e. The highest BCUT2D eigenvalue weighted by molar-refractivity contribution is 7.15. The zero-order chi connectivity index (χ0) is 18.9. The van der Waals surface area contributed by atoms with Crippen LogP contribution in [0.5, 0.6) is 5.75 Å². The number of hydrogen-bond acceptors (Lipinski definition) is 5. The fourth-order valence-corrected chi connectivity index (χ4v) is 3.73. The molecule has 0 spiro atoms. The summed E-state index contributed by atoms with van der Waals surface area (Å²) in [5.41, 5.74) is 0.236. The first kappa shape index (κ1) is 18.8. The molecule has 1 aromatic heterocycles. The number of halogens is 4. The molecule has 26 heavy (non-hydrogen) atoms. The van der Waals surface area contributed by atoms with E-state index in [1.165, 1.54) is 18.2 Å². The van der Waals surface area contributed by atoms with Gasteiger partial charge in [0.25, 0.3) is 0 Å². The van der Waals surface area contributed by atoms with Crippen molar-refractivity contribution in [2.24, 2.45) is 5.92 Å². The lowest BCUT2D eigenvalue weighted by Crippen LogP contribution is -2.38. The summed E-state index contributed by atoms with van der Waals surface area (Å²) in [7, 11) is 0. The van der Waals surface area contributed by atoms with Crippen LogP contribution in [0.3, 0.4) is 0 Å². The molecule has 1 aliphatic rings. The molecule has 1 fully saturated rings. The average molecular weight is 406 g/mol. The summed E-state index contributed by atoms with van der Waals surface area (Å²) in [5.74, 6) is -0.633. The Labute approximate surface area is 156 Å². The molecule has 3 rings (SSSR count). The van der Waals surface area contributed by atoms with E-state index in [0.717, 1.165) is 6.20 Å². The van der Waals surface area contributed by atoms with E-state index in [9.17, 15) is 23.1 Å². The minimum absolute atomic E-state index is 0.0809. The van der Waals surface area contributed by atoms with Crippen LogP contribution in [0.25, 0.3) is 0 Å². The Morgan fingerprint density at radius 1 is 1.35 bits per heavy atom. The third-order valence-corrected chi connectivity index (χ3v) is 5.46. The van der Waals surface area contributed by atoms with E-state index in [4.69, 9.17) is 11.6 Å². The Balaban J connectivity index is 1.59. The van der Waals surface area contributed by atoms with E-state index >= 15 is 0 Å². The quantitative estimate of drug-likeness (QED) is 0.744. The number of anilines is 2. The van der Waals surface area contributed by atoms with Crippen LogP contribution < -0.4 is 10.2 Å². The van der Waals surface area contributed by atoms with Gasteiger partial charge in [0.15, 0.2) is 5.13 Å². The van der Waals surface area contributed by atoms with E-state index in [1.807, 2.05) is 0 Å². The standard InChI is InChI=1S/C16H15ClF3N3O2S/c17-10-1-2-12(24)11(7-10)22-14(25)9-3-5-23(6-4-9)15-21-8-13(26-15)16(18,19)20/h1-2,7-9,24H,3-6H2,(H,22,25). The highest BCUT2D eigenvalue weighted by Crippen LogP contribution is 2.37. The molecule has 0 bridgehead atoms. The second-order valence-corrected chi connectivity index (χ2v) is 7.36. The second-order valence-electron chi connectivity index (χ2n) is 5.92. The van der Waals surface area contributed by atoms with Gasteiger partial charge in [-0.1, -0.05) is 22.9 Å². The van der Waals surface area contributed by atoms with Crippen molar-refractivity contribution in [1.82, 2.24) is 4.98 Å². The normalized spacial score (nSPS) is 15.9. The summed E-state index contributed by atoms with van der Waals surface area (Å²) in [5, 5.41) is 13.1. The minimum atomic E-state index is -4.40. The lowest BCUT2D eigenvalue weighted by Gasteiger charge is -2.31. The van der Waals surface area contributed by atoms with Gasteiger partial charge >= 0.3 is 6.18 Å². The summed E-state index contributed by atoms with van der Waals surface area (Å²) in [6.45, 7) is 0.870. The molecule has 0 atom stereocenters. The fraction of sp³-hybridized carbons (Fsp3) is 0.375. The SMILES string of the molecule is O=C(Nc1cc(Cl)ccc1O)C1CCN(c2ncc(C(F)(F)F)s2)CC1. The number of rotatable bonds is 3. The lowest BCUT2D eigenvalue weighted by atomic mass is 9.96. The zero-order valence-electron chi connectivity index (χ0n) is 13.4. The molecule has 1 saturated heterocycles. The number of benzene rings is 1. The van der Waals surface area contributed by atoms with Crippen molar-refractivity contribution in [2.45, 2.75) is 19.0 Å². The third kappa shape index (κ3) is 4.21. The Hall–Kier alpha value is -2.00. The van der Waals surface area contributed by atoms with Crippen molar-refractivity contribution >= 4 is 39.7 Å². The number of amides is 1. The predicted octanol–water partition coefficient (Wildman–Crippen LogP) is 4.38. The maximum absolute atomic E-state index is 12.7. The van der Waals surface area contributed by atoms with Crippen LogP contribution in [0.2, 0.25) is 5.02 Å². The van der Waals surface area contributed by atoms with E-state index in [0.29, 0.717) is 47.4 Å². The van der Waals surface area contributed by atoms with Crippen LogP contribution in [-0.2, 0) is 11.0 Å². The first-order chi connectivity index (χ1) is 12.2. The summed E-state index contributed by atoms with van der Waals surface area (Å²) in [6, 6.07) is 4.35. The van der Waals surface area contributed by atoms with Crippen LogP contribution >= 0.6 is 22.9 Å². The van der Waals surface area contributed by atoms with E-state index in [1.54, 1.807) is 4.90 Å². The molecular weight excluding hydrogens is 391 g/mol. The molecule has 0 radical (unpaired) electrons. The van der Waals surface area contributed by atoms with Gasteiger partial charge < -0.3 is 15.3 Å². The van der Waals surface area contributed by atoms with Gasteiger partial charge in [0, 0.05) is 24.0 Å². The van der Waals surface area contributed by atoms with Crippen molar-refractivity contribution in [3.05, 3.63) is 34.3 Å². The van der Waals surface area contributed by atoms with Crippen molar-refractivity contribution in [2.75, 3.05) is 23.3 Å². The molecule has 2 heterocycles. The molecule has 0 saturated carbocycles. The highest BCUT2D eigenvalue weighted by Gasteiger charge is 2.34. The highest BCUT2D eigenvalue weighted by atomic mass is 35.5. The zero-order valence-corrected chi connectivity index (χ0v) is 15.0. The molecule has 1 aromatic carbocycles. The Bertz CT molecular complexity index is 804. The van der Waals surface area contributed by atoms with Gasteiger partial charge in [-0.3, -0.25) is 4.79 Å². The van der Waals surface area contributed by atoms with E-state index in [2.05, 4.69) is 10.3 Å². The number of nitrogens with one attached hydrogen (secondary N) is 1. The van der Waals surface area contributed by atoms with Gasteiger partial charge in [-0.05, 0) is 31.0 Å². The number of phenolic OH excluding ortho intramolecular Hbond substituents is 1. The van der Waals surface area contributed by atoms with Crippen LogP contribution in [0.4, 0.5) is 24.0 Å². The molecule has 1 amide bonds. The van der Waals surface area contributed by atoms with Crippen molar-refractivity contribution < 1.29 is 23.1 Å². The summed E-state index contributed by atoms with van der Waals surface area (Å²) in [6.07, 6.45) is -2.60. The minimum Gasteiger partial charge on any atom is -0.506 e. The van der Waals surface area contributed by atoms with Gasteiger partial charge in [0.2, 0.25) is 5.91 Å². The monoisotopic (exact) mass is 405 g/mol. The Kier molecular flexibility index (Phi) is 5.29. The number of hydrogen-bond donors (Lipinski definition) is 2. The lowest BCUT2D eigenvalue weighted by molar-refractivity contribution is -0.134. The number of alkyl halides is 3. The van der Waals surface area contributed by atoms with E-state index < -0.39 is 11.1 Å². The third-order valence-electron chi connectivity index (χ3n) is 4.13. The number of piperidine rings is 1. The van der Waals surface area contributed by atoms with Crippen molar-refractivity contribution in [1.29, 1.82) is 0 Å². The molecule has 0 aliphatic carbocycles. The fourth-order valence-electron chi connectivity index (χ4n) is 2.72. The van der Waals surface area contributed by atoms with Gasteiger partial charge in [-0.25, -0.2) is 4.98 Å². The molecule has 2 aromatic rings. The van der Waals surface area contributed by atoms with Crippen LogP contribution in [0, 0.1) is 5.92 Å². The number of carbonyl (C=O) groups is 1. The summed E-state index contributed by atoms with van der Waals surface area (Å²) >= 11 is 6.46. The molecular formula is C16H15ClF3N3O2S. The van der Waals surface area contributed by atoms with Crippen molar-refractivity contribution in [3.63, 3.8) is 0 Å². The van der Waals surface area contributed by atoms with Gasteiger partial charge in [-0.2, -0.15) is 13.2 Å². The van der Waals surface area contributed by atoms with E-state index in [-0.39, 0.29) is 23.3 Å². The predicted molar refractivity (Wildman–Crippen MR) is 93.8 cm³/mol. The van der Waals surface area contributed by atoms with Gasteiger partial charge in [0.1, 0.15) is 10.6 Å². The van der Waals surface area contributed by atoms with Crippen molar-refractivity contribution in [3.8, 4) is 5.75 Å². The maximum Gasteiger partial charge on any atom is 0.427 e. The number of thiazole rings is 1. The average Bonchev–Trinajstić information content (AvgIpc) is 3.09. The molecule has 10 heteroatoms. The number of aromatic nitrogens is 1. The molecule has 5 nitrogen and oxygen atoms in total. The Morgan fingerprint density at radius 3 is 2.65 bits per heavy atom. The second kappa shape index (κ2) is 7.32. The molecule has 140 valence electrons. The van der Waals surface area contributed by atoms with Crippen LogP contribution in [0.1, 0.15) is 17.7 Å². The van der Waals surface area contributed by atoms with Gasteiger partial charge in [0.05, 0.1) is 11.9 Å². The number of nitrogens with zero attached hydrogens (tertiary/aromatic N) is 2. The number of carbonyl (C=O) groups excluding carboxylic acids is 1. The smallest absolute Gasteiger partial charge is 0.427 e. The van der Waals surface area contributed by atoms with Crippen LogP contribution in [0.15, 0.2) is 24.4 Å². The maximum atomic E-state index is 12.7. The molecule has 2 N–H and O–H groups in total. The number of phenols is 1. The van der Waals surface area contributed by atoms with Gasteiger partial charge in [-0.15, -0.1) is 0 Å². The summed E-state index contributed by atoms with van der Waals surface area (Å²) in [4.78, 5) is 17.2. The topological polar surface area (TPSA) is 65.5 Å². The molecule has 1 aliphatic heterocycles. The first-order valence-electron chi connectivity index (χ1n) is 7.81. The summed E-state index contributed by atoms with van der Waals surface area (Å²) < 4.78 is 38.0. The van der Waals surface area contributed by atoms with Crippen LogP contribution in [-0.4, -0.2) is 29.1 Å². The molecule has 0 unspecified atom stereocenters. The first-order valence-corrected chi connectivity index (χ1v) is 9.01.